The zero-order valence-corrected chi connectivity index (χ0v) is 17.5. The van der Waals surface area contributed by atoms with Gasteiger partial charge in [0.25, 0.3) is 0 Å². The molecule has 0 unspecified atom stereocenters. The molecule has 0 spiro atoms. The van der Waals surface area contributed by atoms with Crippen molar-refractivity contribution >= 4 is 74.4 Å². The Balaban J connectivity index is 2.24. The van der Waals surface area contributed by atoms with Crippen molar-refractivity contribution in [2.24, 2.45) is 0 Å². The third-order valence-corrected chi connectivity index (χ3v) is 22.5. The molecule has 0 N–H and O–H groups in total. The molecule has 1 saturated heterocycles. The van der Waals surface area contributed by atoms with Crippen molar-refractivity contribution in [3.8, 4) is 0 Å². The minimum absolute atomic E-state index is 0.978. The van der Waals surface area contributed by atoms with E-state index in [1.54, 1.807) is 26.0 Å². The van der Waals surface area contributed by atoms with Crippen LogP contribution in [0.15, 0.2) is 0 Å². The van der Waals surface area contributed by atoms with Crippen molar-refractivity contribution in [2.75, 3.05) is 11.5 Å². The third kappa shape index (κ3) is 8.25. The monoisotopic (exact) mass is 622 g/mol. The summed E-state index contributed by atoms with van der Waals surface area (Å²) in [6.07, 6.45) is 4.55. The fourth-order valence-corrected chi connectivity index (χ4v) is 18.5. The van der Waals surface area contributed by atoms with E-state index in [0.29, 0.717) is 0 Å². The van der Waals surface area contributed by atoms with Gasteiger partial charge in [-0.15, -0.1) is 0 Å². The number of hydrogen-bond donors (Lipinski definition) is 0. The Bertz CT molecular complexity index is 144. The molecule has 0 bridgehead atoms. The number of hydrogen-bond acceptors (Lipinski definition) is 1. The fraction of sp³-hybridized carbons (Fsp3) is 1.00. The van der Waals surface area contributed by atoms with E-state index >= 15 is 0 Å². The van der Waals surface area contributed by atoms with Crippen molar-refractivity contribution in [1.82, 2.24) is 0 Å². The van der Waals surface area contributed by atoms with Crippen LogP contribution in [-0.4, -0.2) is 36.8 Å². The van der Waals surface area contributed by atoms with Crippen molar-refractivity contribution in [2.45, 2.75) is 38.8 Å². The van der Waals surface area contributed by atoms with Gasteiger partial charge in [0.05, 0.1) is 0 Å². The van der Waals surface area contributed by atoms with Crippen LogP contribution >= 0.6 is 49.2 Å². The topological polar surface area (TPSA) is 0 Å². The van der Waals surface area contributed by atoms with E-state index in [1.165, 1.54) is 24.3 Å². The van der Waals surface area contributed by atoms with Gasteiger partial charge in [-0.3, -0.25) is 0 Å². The van der Waals surface area contributed by atoms with Crippen molar-refractivity contribution in [3.63, 3.8) is 0 Å². The van der Waals surface area contributed by atoms with Crippen molar-refractivity contribution in [3.05, 3.63) is 0 Å². The molecule has 5 heteroatoms. The molecule has 1 fully saturated rings. The van der Waals surface area contributed by atoms with Crippen LogP contribution in [0.3, 0.4) is 0 Å². The summed E-state index contributed by atoms with van der Waals surface area (Å²) in [5.74, 6) is 2.87. The molecule has 1 aliphatic heterocycles. The summed E-state index contributed by atoms with van der Waals surface area (Å²) in [5.41, 5.74) is 0. The SMILES string of the molecule is I[Te]1(I)CCCSCCC[Se]CCC1. The van der Waals surface area contributed by atoms with Gasteiger partial charge in [0, 0.05) is 0 Å². The predicted octanol–water partition coefficient (Wildman–Crippen LogP) is 4.76. The summed E-state index contributed by atoms with van der Waals surface area (Å²) >= 11 is 8.90. The summed E-state index contributed by atoms with van der Waals surface area (Å²) in [5, 5.41) is 3.11. The summed E-state index contributed by atoms with van der Waals surface area (Å²) in [6.45, 7) is 0. The van der Waals surface area contributed by atoms with Crippen LogP contribution < -0.4 is 0 Å². The molecule has 1 aliphatic rings. The molecular formula is C9H18I2SSeTe. The summed E-state index contributed by atoms with van der Waals surface area (Å²) in [6, 6.07) is 0. The summed E-state index contributed by atoms with van der Waals surface area (Å²) in [4.78, 5) is 0. The summed E-state index contributed by atoms with van der Waals surface area (Å²) < 4.78 is 3.22. The zero-order valence-electron chi connectivity index (χ0n) is 8.34. The molecule has 0 saturated carbocycles. The van der Waals surface area contributed by atoms with Gasteiger partial charge in [-0.1, -0.05) is 0 Å². The molecule has 0 aliphatic carbocycles. The van der Waals surface area contributed by atoms with Crippen LogP contribution in [0, 0.1) is 0 Å². The van der Waals surface area contributed by atoms with Crippen LogP contribution in [0.25, 0.3) is 0 Å². The van der Waals surface area contributed by atoms with Crippen LogP contribution in [0.4, 0.5) is 0 Å². The van der Waals surface area contributed by atoms with Gasteiger partial charge in [-0.25, -0.2) is 0 Å². The average Bonchev–Trinajstić information content (AvgIpc) is 2.11. The molecule has 86 valence electrons. The molecule has 0 aromatic rings. The first-order valence-corrected chi connectivity index (χ1v) is 25.5. The second-order valence-electron chi connectivity index (χ2n) is 3.39. The Morgan fingerprint density at radius 3 is 2.43 bits per heavy atom. The quantitative estimate of drug-likeness (QED) is 0.279. The van der Waals surface area contributed by atoms with E-state index in [0.717, 1.165) is 15.0 Å². The zero-order chi connectivity index (χ0) is 10.3. The van der Waals surface area contributed by atoms with E-state index in [1.807, 2.05) is 0 Å². The van der Waals surface area contributed by atoms with E-state index < -0.39 is 10.3 Å². The normalized spacial score (nSPS) is 28.4. The maximum absolute atomic E-state index is 2.86. The van der Waals surface area contributed by atoms with Gasteiger partial charge in [0.2, 0.25) is 0 Å². The summed E-state index contributed by atoms with van der Waals surface area (Å²) in [7, 11) is -1.34. The number of rotatable bonds is 0. The predicted molar refractivity (Wildman–Crippen MR) is 90.0 cm³/mol. The van der Waals surface area contributed by atoms with E-state index in [9.17, 15) is 0 Å². The molecule has 1 heterocycles. The van der Waals surface area contributed by atoms with Crippen LogP contribution in [0.2, 0.25) is 19.6 Å². The first-order chi connectivity index (χ1) is 6.71. The van der Waals surface area contributed by atoms with E-state index in [2.05, 4.69) is 49.2 Å². The van der Waals surface area contributed by atoms with Crippen molar-refractivity contribution < 1.29 is 0 Å². The Morgan fingerprint density at radius 2 is 1.57 bits per heavy atom. The Labute approximate surface area is 122 Å². The van der Waals surface area contributed by atoms with Gasteiger partial charge >= 0.3 is 125 Å². The van der Waals surface area contributed by atoms with E-state index in [4.69, 9.17) is 0 Å². The number of halogens is 2. The third-order valence-electron chi connectivity index (χ3n) is 2.04. The van der Waals surface area contributed by atoms with Crippen LogP contribution in [-0.2, 0) is 0 Å². The molecule has 0 aromatic heterocycles. The van der Waals surface area contributed by atoms with Crippen LogP contribution in [0.1, 0.15) is 19.3 Å². The van der Waals surface area contributed by atoms with Crippen molar-refractivity contribution in [1.29, 1.82) is 0 Å². The second kappa shape index (κ2) is 9.10. The molecule has 0 aromatic carbocycles. The average molecular weight is 619 g/mol. The first kappa shape index (κ1) is 15.2. The van der Waals surface area contributed by atoms with Crippen LogP contribution in [0.5, 0.6) is 0 Å². The Hall–Kier alpha value is 3.12. The van der Waals surface area contributed by atoms with Gasteiger partial charge in [-0.05, 0) is 0 Å². The van der Waals surface area contributed by atoms with Gasteiger partial charge in [-0.2, -0.15) is 0 Å². The molecule has 0 radical (unpaired) electrons. The van der Waals surface area contributed by atoms with Gasteiger partial charge < -0.3 is 0 Å². The second-order valence-corrected chi connectivity index (χ2v) is 47.4. The molecule has 0 nitrogen and oxygen atoms in total. The molecule has 0 amide bonds. The van der Waals surface area contributed by atoms with Gasteiger partial charge in [0.15, 0.2) is 0 Å². The Morgan fingerprint density at radius 1 is 0.929 bits per heavy atom. The Kier molecular flexibility index (Phi) is 9.87. The minimum atomic E-state index is -1.34. The maximum atomic E-state index is 2.86. The molecular weight excluding hydrogens is 601 g/mol. The molecule has 0 atom stereocenters. The van der Waals surface area contributed by atoms with E-state index in [-0.39, 0.29) is 0 Å². The fourth-order valence-electron chi connectivity index (χ4n) is 1.31. The molecule has 1 rings (SSSR count). The first-order valence-electron chi connectivity index (χ1n) is 5.04. The number of thioether (sulfide) groups is 1. The molecule has 14 heavy (non-hydrogen) atoms. The standard InChI is InChI=1S/C9H18I2SSeTe/c10-14(11)8-2-5-12-4-1-6-13-7-3-9-14/h1-9H2. The van der Waals surface area contributed by atoms with Gasteiger partial charge in [0.1, 0.15) is 0 Å².